The number of carbonyl (C=O) groups excluding carboxylic acids is 1. The highest BCUT2D eigenvalue weighted by atomic mass is 19.1. The van der Waals surface area contributed by atoms with E-state index in [1.54, 1.807) is 13.8 Å². The number of rotatable bonds is 14. The molecule has 3 saturated carbocycles. The Kier molecular flexibility index (Phi) is 15.0. The Labute approximate surface area is 394 Å². The standard InChI is InChI=1S/C52H76F2O13/c1-26-39(8-6-7-19-55)64-41-23-36-32-11-9-29-20-31(15-17-51(29,4)35(32)16-18-52(36,5)45(26)41)63-50-48(67-44-14-13-38(57)28(3)62-44)47(59)34(42(24-56)66-50)22-40-27(2)46(58)43(65-40)25-61-49(60)33-12-10-30(53)21-37(33)54/h9-10,12,21,26-28,31-32,34-36,38-48,50,55-59H,6-8,11,13-20,22-25H2,1-5H3. The highest BCUT2D eigenvalue weighted by Gasteiger charge is 2.65. The topological polar surface area (TPSA) is 183 Å². The van der Waals surface area contributed by atoms with E-state index in [0.29, 0.717) is 54.6 Å². The quantitative estimate of drug-likeness (QED) is 0.0788. The molecule has 4 aliphatic heterocycles. The van der Waals surface area contributed by atoms with Crippen LogP contribution in [0.15, 0.2) is 29.8 Å². The normalized spacial score (nSPS) is 47.1. The summed E-state index contributed by atoms with van der Waals surface area (Å²) in [6, 6.07) is 2.54. The van der Waals surface area contributed by atoms with Gasteiger partial charge in [0.1, 0.15) is 30.4 Å². The van der Waals surface area contributed by atoms with Crippen LogP contribution in [0.2, 0.25) is 0 Å². The van der Waals surface area contributed by atoms with Crippen molar-refractivity contribution in [2.75, 3.05) is 19.8 Å². The fourth-order valence-electron chi connectivity index (χ4n) is 14.9. The first-order chi connectivity index (χ1) is 32.0. The van der Waals surface area contributed by atoms with Crippen LogP contribution in [-0.2, 0) is 33.2 Å². The summed E-state index contributed by atoms with van der Waals surface area (Å²) in [5.74, 6) is -1.24. The average Bonchev–Trinajstić information content (AvgIpc) is 3.88. The molecule has 15 heteroatoms. The molecule has 5 N–H and O–H groups in total. The molecule has 4 aliphatic carbocycles. The summed E-state index contributed by atoms with van der Waals surface area (Å²) < 4.78 is 72.2. The van der Waals surface area contributed by atoms with E-state index in [1.165, 1.54) is 18.4 Å². The SMILES string of the molecule is CC1OC(OC2C(OC3CCC4(C)C(=CCC5C4CCC4(C)C5CC5OC(CCCCO)C(C)C54)C3)OC(CO)C(CC3OC(COC(=O)c4ccc(F)cc4F)C(O)C3C)C2O)CCC1O. The minimum absolute atomic E-state index is 0.0471. The van der Waals surface area contributed by atoms with Gasteiger partial charge in [0.2, 0.25) is 0 Å². The van der Waals surface area contributed by atoms with Crippen molar-refractivity contribution < 1.29 is 72.3 Å². The number of carbonyl (C=O) groups is 1. The monoisotopic (exact) mass is 947 g/mol. The first kappa shape index (κ1) is 49.8. The molecule has 8 aliphatic rings. The third kappa shape index (κ3) is 9.44. The first-order valence-corrected chi connectivity index (χ1v) is 25.5. The Morgan fingerprint density at radius 2 is 1.66 bits per heavy atom. The molecule has 9 rings (SSSR count). The van der Waals surface area contributed by atoms with Crippen LogP contribution < -0.4 is 0 Å². The lowest BCUT2D eigenvalue weighted by atomic mass is 9.47. The second kappa shape index (κ2) is 20.2. The van der Waals surface area contributed by atoms with Crippen molar-refractivity contribution in [3.8, 4) is 0 Å². The Balaban J connectivity index is 0.867. The van der Waals surface area contributed by atoms with Crippen molar-refractivity contribution in [1.82, 2.24) is 0 Å². The zero-order valence-electron chi connectivity index (χ0n) is 39.9. The lowest BCUT2D eigenvalue weighted by Gasteiger charge is -2.58. The third-order valence-corrected chi connectivity index (χ3v) is 18.7. The van der Waals surface area contributed by atoms with Gasteiger partial charge in [-0.1, -0.05) is 39.3 Å². The fraction of sp³-hybridized carbons (Fsp3) is 0.827. The van der Waals surface area contributed by atoms with Crippen molar-refractivity contribution in [2.24, 2.45) is 52.3 Å². The number of hydrogen-bond acceptors (Lipinski definition) is 13. The summed E-state index contributed by atoms with van der Waals surface area (Å²) in [7, 11) is 0. The second-order valence-electron chi connectivity index (χ2n) is 22.3. The van der Waals surface area contributed by atoms with Crippen LogP contribution >= 0.6 is 0 Å². The van der Waals surface area contributed by atoms with Crippen LogP contribution in [0.3, 0.4) is 0 Å². The van der Waals surface area contributed by atoms with Gasteiger partial charge in [0.15, 0.2) is 12.6 Å². The summed E-state index contributed by atoms with van der Waals surface area (Å²) in [5.41, 5.74) is 1.29. The van der Waals surface area contributed by atoms with Gasteiger partial charge in [-0.05, 0) is 137 Å². The minimum atomic E-state index is -1.22. The molecule has 0 bridgehead atoms. The molecular formula is C52H76F2O13. The maximum atomic E-state index is 14.3. The Morgan fingerprint density at radius 1 is 0.851 bits per heavy atom. The molecule has 7 fully saturated rings. The van der Waals surface area contributed by atoms with Gasteiger partial charge in [0.25, 0.3) is 0 Å². The van der Waals surface area contributed by atoms with Crippen LogP contribution in [0.1, 0.15) is 128 Å². The summed E-state index contributed by atoms with van der Waals surface area (Å²) >= 11 is 0. The largest absolute Gasteiger partial charge is 0.459 e. The molecule has 22 atom stereocenters. The van der Waals surface area contributed by atoms with Crippen LogP contribution in [0.5, 0.6) is 0 Å². The average molecular weight is 947 g/mol. The fourth-order valence-corrected chi connectivity index (χ4v) is 14.9. The van der Waals surface area contributed by atoms with E-state index in [4.69, 9.17) is 33.2 Å². The van der Waals surface area contributed by atoms with Crippen molar-refractivity contribution in [3.05, 3.63) is 47.0 Å². The lowest BCUT2D eigenvalue weighted by molar-refractivity contribution is -0.347. The predicted octanol–water partition coefficient (Wildman–Crippen LogP) is 6.38. The van der Waals surface area contributed by atoms with Crippen molar-refractivity contribution in [3.63, 3.8) is 0 Å². The summed E-state index contributed by atoms with van der Waals surface area (Å²) in [4.78, 5) is 12.7. The minimum Gasteiger partial charge on any atom is -0.459 e. The van der Waals surface area contributed by atoms with Gasteiger partial charge in [0.05, 0.1) is 67.1 Å². The summed E-state index contributed by atoms with van der Waals surface area (Å²) in [6.07, 6.45) is 5.05. The number of fused-ring (bicyclic) bond motifs is 7. The van der Waals surface area contributed by atoms with Gasteiger partial charge in [0, 0.05) is 30.9 Å². The van der Waals surface area contributed by atoms with Crippen LogP contribution in [0.25, 0.3) is 0 Å². The molecule has 4 saturated heterocycles. The van der Waals surface area contributed by atoms with Gasteiger partial charge in [-0.15, -0.1) is 0 Å². The Hall–Kier alpha value is -2.15. The predicted molar refractivity (Wildman–Crippen MR) is 239 cm³/mol. The Bertz CT molecular complexity index is 1920. The maximum absolute atomic E-state index is 14.3. The van der Waals surface area contributed by atoms with E-state index in [0.717, 1.165) is 63.5 Å². The third-order valence-electron chi connectivity index (χ3n) is 18.7. The second-order valence-corrected chi connectivity index (χ2v) is 22.3. The highest BCUT2D eigenvalue weighted by Crippen LogP contribution is 2.69. The molecule has 0 spiro atoms. The molecule has 67 heavy (non-hydrogen) atoms. The number of ether oxygens (including phenoxy) is 7. The van der Waals surface area contributed by atoms with E-state index >= 15 is 0 Å². The number of unbranched alkanes of at least 4 members (excludes halogenated alkanes) is 1. The van der Waals surface area contributed by atoms with Crippen LogP contribution in [-0.4, -0.2) is 131 Å². The molecule has 376 valence electrons. The van der Waals surface area contributed by atoms with E-state index in [-0.39, 0.29) is 36.1 Å². The molecule has 22 unspecified atom stereocenters. The molecular weight excluding hydrogens is 871 g/mol. The molecule has 1 aromatic rings. The van der Waals surface area contributed by atoms with Gasteiger partial charge < -0.3 is 58.7 Å². The van der Waals surface area contributed by atoms with Crippen molar-refractivity contribution in [1.29, 1.82) is 0 Å². The van der Waals surface area contributed by atoms with E-state index in [2.05, 4.69) is 26.8 Å². The van der Waals surface area contributed by atoms with Gasteiger partial charge in [-0.2, -0.15) is 0 Å². The summed E-state index contributed by atoms with van der Waals surface area (Å²) in [5, 5.41) is 54.1. The van der Waals surface area contributed by atoms with Crippen LogP contribution in [0.4, 0.5) is 8.78 Å². The van der Waals surface area contributed by atoms with Gasteiger partial charge >= 0.3 is 5.97 Å². The molecule has 0 aromatic heterocycles. The van der Waals surface area contributed by atoms with E-state index < -0.39 is 110 Å². The van der Waals surface area contributed by atoms with Crippen LogP contribution in [0, 0.1) is 63.9 Å². The van der Waals surface area contributed by atoms with Gasteiger partial charge in [-0.25, -0.2) is 13.6 Å². The van der Waals surface area contributed by atoms with Crippen molar-refractivity contribution >= 4 is 5.97 Å². The zero-order chi connectivity index (χ0) is 47.5. The van der Waals surface area contributed by atoms with E-state index in [9.17, 15) is 39.1 Å². The number of aliphatic hydroxyl groups is 5. The maximum Gasteiger partial charge on any atom is 0.341 e. The lowest BCUT2D eigenvalue weighted by Crippen LogP contribution is -2.60. The number of allylic oxidation sites excluding steroid dienone is 1. The smallest absolute Gasteiger partial charge is 0.341 e. The Morgan fingerprint density at radius 3 is 2.40 bits per heavy atom. The van der Waals surface area contributed by atoms with Gasteiger partial charge in [-0.3, -0.25) is 0 Å². The highest BCUT2D eigenvalue weighted by molar-refractivity contribution is 5.89. The number of aliphatic hydroxyl groups excluding tert-OH is 5. The number of esters is 1. The summed E-state index contributed by atoms with van der Waals surface area (Å²) in [6.45, 7) is 10.4. The number of benzene rings is 1. The zero-order valence-corrected chi connectivity index (χ0v) is 39.9. The molecule has 4 heterocycles. The van der Waals surface area contributed by atoms with Crippen molar-refractivity contribution in [2.45, 2.75) is 198 Å². The molecule has 13 nitrogen and oxygen atoms in total. The molecule has 0 radical (unpaired) electrons. The van der Waals surface area contributed by atoms with E-state index in [1.807, 2.05) is 0 Å². The number of halogens is 2. The number of hydrogen-bond donors (Lipinski definition) is 5. The first-order valence-electron chi connectivity index (χ1n) is 25.5. The molecule has 1 aromatic carbocycles. The molecule has 0 amide bonds.